The van der Waals surface area contributed by atoms with Crippen LogP contribution in [0.5, 0.6) is 11.5 Å². The van der Waals surface area contributed by atoms with Gasteiger partial charge in [-0.1, -0.05) is 12.1 Å². The monoisotopic (exact) mass is 475 g/mol. The van der Waals surface area contributed by atoms with Gasteiger partial charge in [-0.15, -0.1) is 0 Å². The molecule has 0 bridgehead atoms. The van der Waals surface area contributed by atoms with Gasteiger partial charge in [0.15, 0.2) is 5.60 Å². The summed E-state index contributed by atoms with van der Waals surface area (Å²) in [5, 5.41) is 0. The molecule has 3 aromatic rings. The first-order chi connectivity index (χ1) is 16.6. The van der Waals surface area contributed by atoms with Crippen molar-refractivity contribution in [3.8, 4) is 11.5 Å². The van der Waals surface area contributed by atoms with Gasteiger partial charge in [-0.2, -0.15) is 0 Å². The predicted octanol–water partition coefficient (Wildman–Crippen LogP) is 4.36. The number of esters is 1. The quantitative estimate of drug-likeness (QED) is 0.471. The number of fused-ring (bicyclic) bond motifs is 1. The maximum absolute atomic E-state index is 13.5. The van der Waals surface area contributed by atoms with Crippen LogP contribution in [0.2, 0.25) is 0 Å². The normalized spacial score (nSPS) is 16.4. The zero-order valence-electron chi connectivity index (χ0n) is 21.7. The molecule has 0 aromatic heterocycles. The molecule has 0 aliphatic carbocycles. The lowest BCUT2D eigenvalue weighted by molar-refractivity contribution is 0.0246. The number of carbonyl (C=O) groups excluding carboxylic acids is 1. The van der Waals surface area contributed by atoms with E-state index in [4.69, 9.17) is 14.2 Å². The lowest BCUT2D eigenvalue weighted by atomic mass is 9.78. The molecule has 1 heterocycles. The van der Waals surface area contributed by atoms with Crippen LogP contribution in [0.25, 0.3) is 0 Å². The van der Waals surface area contributed by atoms with Crippen molar-refractivity contribution < 1.29 is 19.0 Å². The fraction of sp³-hybridized carbons (Fsp3) is 0.321. The molecular weight excluding hydrogens is 442 g/mol. The van der Waals surface area contributed by atoms with Crippen molar-refractivity contribution in [2.24, 2.45) is 0 Å². The number of cyclic esters (lactones) is 1. The van der Waals surface area contributed by atoms with Crippen LogP contribution >= 0.6 is 0 Å². The second kappa shape index (κ2) is 9.06. The molecule has 7 nitrogen and oxygen atoms in total. The highest BCUT2D eigenvalue weighted by Crippen LogP contribution is 2.53. The van der Waals surface area contributed by atoms with E-state index in [9.17, 15) is 4.79 Å². The summed E-state index contributed by atoms with van der Waals surface area (Å²) in [6, 6.07) is 17.7. The smallest absolute Gasteiger partial charge is 0.340 e. The largest absolute Gasteiger partial charge is 0.497 e. The molecule has 184 valence electrons. The van der Waals surface area contributed by atoms with Gasteiger partial charge in [-0.3, -0.25) is 0 Å². The van der Waals surface area contributed by atoms with Gasteiger partial charge in [0.1, 0.15) is 11.5 Å². The van der Waals surface area contributed by atoms with E-state index in [-0.39, 0.29) is 5.97 Å². The summed E-state index contributed by atoms with van der Waals surface area (Å²) in [4.78, 5) is 19.5. The Morgan fingerprint density at radius 2 is 1.29 bits per heavy atom. The lowest BCUT2D eigenvalue weighted by Gasteiger charge is -2.35. The Labute approximate surface area is 207 Å². The molecule has 3 aromatic carbocycles. The Balaban J connectivity index is 2.11. The van der Waals surface area contributed by atoms with E-state index in [2.05, 4.69) is 11.0 Å². The first kappa shape index (κ1) is 24.3. The summed E-state index contributed by atoms with van der Waals surface area (Å²) in [5.41, 5.74) is 4.58. The molecule has 1 atom stereocenters. The number of hydrogen-bond donors (Lipinski definition) is 0. The summed E-state index contributed by atoms with van der Waals surface area (Å²) < 4.78 is 17.7. The topological polar surface area (TPSA) is 54.5 Å². The fourth-order valence-electron chi connectivity index (χ4n) is 4.64. The van der Waals surface area contributed by atoms with Crippen LogP contribution in [0.4, 0.5) is 17.1 Å². The summed E-state index contributed by atoms with van der Waals surface area (Å²) in [5.74, 6) is 0.857. The first-order valence-corrected chi connectivity index (χ1v) is 11.4. The molecule has 0 N–H and O–H groups in total. The molecule has 0 spiro atoms. The van der Waals surface area contributed by atoms with Crippen molar-refractivity contribution in [3.05, 3.63) is 76.9 Å². The van der Waals surface area contributed by atoms with Crippen molar-refractivity contribution in [2.75, 3.05) is 71.2 Å². The van der Waals surface area contributed by atoms with Crippen LogP contribution in [0.3, 0.4) is 0 Å². The molecular formula is C28H33N3O4. The van der Waals surface area contributed by atoms with Crippen LogP contribution in [-0.4, -0.2) is 62.5 Å². The van der Waals surface area contributed by atoms with Crippen molar-refractivity contribution in [1.82, 2.24) is 0 Å². The molecule has 0 amide bonds. The summed E-state index contributed by atoms with van der Waals surface area (Å²) in [6.07, 6.45) is 0. The minimum Gasteiger partial charge on any atom is -0.497 e. The number of benzene rings is 3. The Morgan fingerprint density at radius 3 is 1.86 bits per heavy atom. The first-order valence-electron chi connectivity index (χ1n) is 11.4. The number of ether oxygens (including phenoxy) is 3. The third-order valence-corrected chi connectivity index (χ3v) is 6.51. The zero-order chi connectivity index (χ0) is 25.5. The van der Waals surface area contributed by atoms with Crippen LogP contribution in [0.15, 0.2) is 54.6 Å². The fourth-order valence-corrected chi connectivity index (χ4v) is 4.64. The van der Waals surface area contributed by atoms with E-state index in [1.54, 1.807) is 14.2 Å². The van der Waals surface area contributed by atoms with Gasteiger partial charge in [0.2, 0.25) is 0 Å². The number of anilines is 3. The van der Waals surface area contributed by atoms with E-state index >= 15 is 0 Å². The number of nitrogens with zero attached hydrogens (tertiary/aromatic N) is 3. The van der Waals surface area contributed by atoms with E-state index in [1.165, 1.54) is 0 Å². The Morgan fingerprint density at radius 1 is 0.686 bits per heavy atom. The van der Waals surface area contributed by atoms with Crippen LogP contribution in [0, 0.1) is 0 Å². The summed E-state index contributed by atoms with van der Waals surface area (Å²) >= 11 is 0. The van der Waals surface area contributed by atoms with Gasteiger partial charge in [-0.25, -0.2) is 4.79 Å². The average Bonchev–Trinajstić information content (AvgIpc) is 3.15. The van der Waals surface area contributed by atoms with E-state index < -0.39 is 5.60 Å². The highest BCUT2D eigenvalue weighted by atomic mass is 16.6. The molecule has 1 aliphatic heterocycles. The Hall–Kier alpha value is -3.87. The second-order valence-electron chi connectivity index (χ2n) is 9.25. The molecule has 1 aliphatic rings. The second-order valence-corrected chi connectivity index (χ2v) is 9.25. The van der Waals surface area contributed by atoms with Crippen molar-refractivity contribution in [2.45, 2.75) is 5.60 Å². The summed E-state index contributed by atoms with van der Waals surface area (Å²) in [7, 11) is 15.1. The van der Waals surface area contributed by atoms with Gasteiger partial charge < -0.3 is 28.9 Å². The minimum absolute atomic E-state index is 0.372. The van der Waals surface area contributed by atoms with Gasteiger partial charge in [0.05, 0.1) is 19.8 Å². The number of carbonyl (C=O) groups is 1. The predicted molar refractivity (Wildman–Crippen MR) is 141 cm³/mol. The van der Waals surface area contributed by atoms with Crippen molar-refractivity contribution >= 4 is 23.0 Å². The summed E-state index contributed by atoms with van der Waals surface area (Å²) in [6.45, 7) is 0. The average molecular weight is 476 g/mol. The Bertz CT molecular complexity index is 1270. The number of rotatable bonds is 7. The van der Waals surface area contributed by atoms with Crippen LogP contribution < -0.4 is 24.2 Å². The Kier molecular flexibility index (Phi) is 6.28. The van der Waals surface area contributed by atoms with Crippen molar-refractivity contribution in [3.63, 3.8) is 0 Å². The van der Waals surface area contributed by atoms with Crippen LogP contribution in [-0.2, 0) is 10.3 Å². The zero-order valence-corrected chi connectivity index (χ0v) is 21.7. The SMILES string of the molecule is COc1ccc(C2(c3ccc(N(C)C)cc3N(C)C)OC(=O)c3cc(N(C)C)ccc32)c(OC)c1. The standard InChI is InChI=1S/C28H33N3O4/c1-29(2)18-9-12-22-21(15-18)27(32)35-28(22,24-14-11-20(33-7)17-26(24)34-8)23-13-10-19(30(3)4)16-25(23)31(5)6/h9-17H,1-8H3. The molecule has 0 radical (unpaired) electrons. The van der Waals surface area contributed by atoms with Gasteiger partial charge in [0, 0.05) is 82.1 Å². The number of hydrogen-bond acceptors (Lipinski definition) is 7. The maximum Gasteiger partial charge on any atom is 0.340 e. The minimum atomic E-state index is -1.21. The molecule has 4 rings (SSSR count). The molecule has 7 heteroatoms. The molecule has 0 saturated heterocycles. The maximum atomic E-state index is 13.5. The van der Waals surface area contributed by atoms with Gasteiger partial charge >= 0.3 is 5.97 Å². The van der Waals surface area contributed by atoms with Crippen molar-refractivity contribution in [1.29, 1.82) is 0 Å². The van der Waals surface area contributed by atoms with Crippen LogP contribution in [0.1, 0.15) is 27.0 Å². The van der Waals surface area contributed by atoms with Gasteiger partial charge in [-0.05, 0) is 36.4 Å². The molecule has 1 unspecified atom stereocenters. The molecule has 35 heavy (non-hydrogen) atoms. The van der Waals surface area contributed by atoms with E-state index in [0.29, 0.717) is 17.1 Å². The third kappa shape index (κ3) is 3.91. The van der Waals surface area contributed by atoms with Gasteiger partial charge in [0.25, 0.3) is 0 Å². The molecule has 0 saturated carbocycles. The highest BCUT2D eigenvalue weighted by Gasteiger charge is 2.51. The number of methoxy groups -OCH3 is 2. The highest BCUT2D eigenvalue weighted by molar-refractivity contribution is 5.98. The van der Waals surface area contributed by atoms with E-state index in [0.717, 1.165) is 33.8 Å². The van der Waals surface area contributed by atoms with E-state index in [1.807, 2.05) is 101 Å². The molecule has 0 fully saturated rings. The lowest BCUT2D eigenvalue weighted by Crippen LogP contribution is -2.32. The third-order valence-electron chi connectivity index (χ3n) is 6.51.